The summed E-state index contributed by atoms with van der Waals surface area (Å²) in [5, 5.41) is 0. The predicted octanol–water partition coefficient (Wildman–Crippen LogP) is 0.925. The molecular formula is C8H8FNO4S. The minimum absolute atomic E-state index is 0.0272. The molecule has 0 bridgehead atoms. The van der Waals surface area contributed by atoms with Gasteiger partial charge in [0.2, 0.25) is 10.9 Å². The Morgan fingerprint density at radius 1 is 1.33 bits per heavy atom. The van der Waals surface area contributed by atoms with E-state index in [1.165, 1.54) is 0 Å². The molecule has 1 aromatic carbocycles. The van der Waals surface area contributed by atoms with Crippen molar-refractivity contribution < 1.29 is 22.3 Å². The summed E-state index contributed by atoms with van der Waals surface area (Å²) >= 11 is 0. The lowest BCUT2D eigenvalue weighted by Crippen LogP contribution is -2.28. The Morgan fingerprint density at radius 3 is 2.27 bits per heavy atom. The number of anilines is 1. The van der Waals surface area contributed by atoms with Crippen LogP contribution in [0.1, 0.15) is 0 Å². The molecule has 0 aliphatic rings. The molecule has 0 unspecified atom stereocenters. The molecule has 0 spiro atoms. The van der Waals surface area contributed by atoms with Crippen molar-refractivity contribution in [1.29, 1.82) is 0 Å². The number of halogens is 1. The molecule has 0 N–H and O–H groups in total. The van der Waals surface area contributed by atoms with Gasteiger partial charge in [-0.15, -0.1) is 0 Å². The Hall–Kier alpha value is -1.63. The summed E-state index contributed by atoms with van der Waals surface area (Å²) in [7, 11) is -2.11. The third-order valence-corrected chi connectivity index (χ3v) is 2.30. The van der Waals surface area contributed by atoms with Gasteiger partial charge in [0.25, 0.3) is 0 Å². The number of hydrogen-bond donors (Lipinski definition) is 1. The van der Waals surface area contributed by atoms with E-state index >= 15 is 0 Å². The van der Waals surface area contributed by atoms with E-state index in [4.69, 9.17) is 0 Å². The van der Waals surface area contributed by atoms with Gasteiger partial charge >= 0.3 is 6.09 Å². The fraction of sp³-hybridized carbons (Fsp3) is 0.125. The maximum absolute atomic E-state index is 12.5. The molecule has 0 aliphatic carbocycles. The molecule has 1 rings (SSSR count). The first kappa shape index (κ1) is 11.4. The highest BCUT2D eigenvalue weighted by Gasteiger charge is 2.18. The lowest BCUT2D eigenvalue weighted by Gasteiger charge is -2.13. The molecule has 7 heteroatoms. The van der Waals surface area contributed by atoms with Gasteiger partial charge < -0.3 is 4.74 Å². The topological polar surface area (TPSA) is 63.7 Å². The Morgan fingerprint density at radius 2 is 1.87 bits per heavy atom. The largest absolute Gasteiger partial charge is 0.452 e. The van der Waals surface area contributed by atoms with Gasteiger partial charge in [0, 0.05) is 0 Å². The molecule has 0 fully saturated rings. The third-order valence-electron chi connectivity index (χ3n) is 1.58. The Bertz CT molecular complexity index is 421. The number of hydrogen-bond acceptors (Lipinski definition) is 4. The van der Waals surface area contributed by atoms with E-state index in [1.54, 1.807) is 0 Å². The van der Waals surface area contributed by atoms with Gasteiger partial charge in [-0.25, -0.2) is 17.6 Å². The Labute approximate surface area is 87.2 Å². The van der Waals surface area contributed by atoms with Crippen LogP contribution in [-0.4, -0.2) is 21.6 Å². The van der Waals surface area contributed by atoms with Gasteiger partial charge in [-0.3, -0.25) is 0 Å². The number of amides is 1. The molecule has 0 heterocycles. The summed E-state index contributed by atoms with van der Waals surface area (Å²) < 4.78 is 38.7. The van der Waals surface area contributed by atoms with Gasteiger partial charge in [-0.2, -0.15) is 4.31 Å². The molecule has 0 aliphatic heterocycles. The summed E-state index contributed by atoms with van der Waals surface area (Å²) in [4.78, 5) is 11.1. The van der Waals surface area contributed by atoms with Crippen LogP contribution in [0.4, 0.5) is 14.9 Å². The number of ether oxygens (including phenoxy) is 1. The lowest BCUT2D eigenvalue weighted by atomic mass is 10.3. The minimum Gasteiger partial charge on any atom is -0.452 e. The molecular weight excluding hydrogens is 225 g/mol. The number of carbonyl (C=O) groups excluding carboxylic acids is 1. The van der Waals surface area contributed by atoms with Crippen molar-refractivity contribution in [3.63, 3.8) is 0 Å². The quantitative estimate of drug-likeness (QED) is 0.772. The Kier molecular flexibility index (Phi) is 3.62. The van der Waals surface area contributed by atoms with Crippen molar-refractivity contribution in [3.05, 3.63) is 30.1 Å². The third kappa shape index (κ3) is 2.66. The minimum atomic E-state index is -3.16. The van der Waals surface area contributed by atoms with Crippen LogP contribution in [0.25, 0.3) is 0 Å². The molecule has 1 aromatic rings. The highest BCUT2D eigenvalue weighted by molar-refractivity contribution is 7.75. The number of benzene rings is 1. The average molecular weight is 233 g/mol. The molecule has 1 amide bonds. The van der Waals surface area contributed by atoms with Crippen LogP contribution in [0.3, 0.4) is 0 Å². The predicted molar refractivity (Wildman–Crippen MR) is 51.6 cm³/mol. The van der Waals surface area contributed by atoms with Crippen LogP contribution in [-0.2, 0) is 15.6 Å². The first-order valence-electron chi connectivity index (χ1n) is 3.84. The number of carbonyl (C=O) groups is 1. The maximum atomic E-state index is 12.5. The highest BCUT2D eigenvalue weighted by atomic mass is 32.2. The maximum Gasteiger partial charge on any atom is 0.427 e. The van der Waals surface area contributed by atoms with Gasteiger partial charge in [-0.1, -0.05) is 0 Å². The zero-order valence-electron chi connectivity index (χ0n) is 7.71. The van der Waals surface area contributed by atoms with E-state index in [9.17, 15) is 17.6 Å². The van der Waals surface area contributed by atoms with Gasteiger partial charge in [0.15, 0.2) is 0 Å². The standard InChI is InChI=1S/C8H8FNO4S/c1-14-8(11)10(15(12)13)7-4-2-6(9)3-5-7/h2-5,15H,1H3. The van der Waals surface area contributed by atoms with Crippen molar-refractivity contribution in [2.24, 2.45) is 0 Å². The zero-order valence-corrected chi connectivity index (χ0v) is 8.61. The zero-order chi connectivity index (χ0) is 11.4. The van der Waals surface area contributed by atoms with E-state index in [0.29, 0.717) is 4.31 Å². The number of nitrogens with zero attached hydrogens (tertiary/aromatic N) is 1. The molecule has 0 aromatic heterocycles. The van der Waals surface area contributed by atoms with Crippen LogP contribution in [0, 0.1) is 5.82 Å². The summed E-state index contributed by atoms with van der Waals surface area (Å²) in [5.74, 6) is -0.523. The van der Waals surface area contributed by atoms with Crippen LogP contribution < -0.4 is 4.31 Å². The number of rotatable bonds is 2. The molecule has 0 atom stereocenters. The van der Waals surface area contributed by atoms with E-state index in [0.717, 1.165) is 31.4 Å². The second kappa shape index (κ2) is 4.74. The van der Waals surface area contributed by atoms with Crippen molar-refractivity contribution in [2.75, 3.05) is 11.4 Å². The summed E-state index contributed by atoms with van der Waals surface area (Å²) in [6.45, 7) is 0. The van der Waals surface area contributed by atoms with E-state index in [2.05, 4.69) is 4.74 Å². The van der Waals surface area contributed by atoms with Gasteiger partial charge in [0.1, 0.15) is 5.82 Å². The first-order valence-corrected chi connectivity index (χ1v) is 4.97. The van der Waals surface area contributed by atoms with Crippen LogP contribution in [0.15, 0.2) is 24.3 Å². The second-order valence-corrected chi connectivity index (χ2v) is 3.37. The van der Waals surface area contributed by atoms with Gasteiger partial charge in [-0.05, 0) is 24.3 Å². The van der Waals surface area contributed by atoms with Crippen molar-refractivity contribution in [1.82, 2.24) is 0 Å². The second-order valence-electron chi connectivity index (χ2n) is 2.50. The summed E-state index contributed by atoms with van der Waals surface area (Å²) in [6.07, 6.45) is -1.04. The number of thiol groups is 1. The fourth-order valence-electron chi connectivity index (χ4n) is 0.935. The van der Waals surface area contributed by atoms with Gasteiger partial charge in [0.05, 0.1) is 12.8 Å². The SMILES string of the molecule is COC(=O)N(c1ccc(F)cc1)[SH](=O)=O. The molecule has 15 heavy (non-hydrogen) atoms. The molecule has 5 nitrogen and oxygen atoms in total. The van der Waals surface area contributed by atoms with E-state index < -0.39 is 22.8 Å². The smallest absolute Gasteiger partial charge is 0.427 e. The van der Waals surface area contributed by atoms with E-state index in [1.807, 2.05) is 0 Å². The molecule has 0 saturated carbocycles. The highest BCUT2D eigenvalue weighted by Crippen LogP contribution is 2.15. The van der Waals surface area contributed by atoms with Crippen LogP contribution >= 0.6 is 0 Å². The monoisotopic (exact) mass is 233 g/mol. The summed E-state index contributed by atoms with van der Waals surface area (Å²) in [5.41, 5.74) is 0.0272. The molecule has 0 saturated heterocycles. The van der Waals surface area contributed by atoms with Crippen molar-refractivity contribution >= 4 is 22.7 Å². The summed E-state index contributed by atoms with van der Waals surface area (Å²) in [6, 6.07) is 4.42. The van der Waals surface area contributed by atoms with Crippen LogP contribution in [0.5, 0.6) is 0 Å². The van der Waals surface area contributed by atoms with E-state index in [-0.39, 0.29) is 5.69 Å². The Balaban J connectivity index is 3.10. The lowest BCUT2D eigenvalue weighted by molar-refractivity contribution is 0.183. The van der Waals surface area contributed by atoms with Crippen molar-refractivity contribution in [2.45, 2.75) is 0 Å². The van der Waals surface area contributed by atoms with Crippen LogP contribution in [0.2, 0.25) is 0 Å². The molecule has 0 radical (unpaired) electrons. The average Bonchev–Trinajstić information content (AvgIpc) is 2.20. The van der Waals surface area contributed by atoms with Crippen molar-refractivity contribution in [3.8, 4) is 0 Å². The first-order chi connectivity index (χ1) is 7.06. The normalized spacial score (nSPS) is 10.1. The fourth-order valence-corrected chi connectivity index (χ4v) is 1.47. The number of methoxy groups -OCH3 is 1. The molecule has 82 valence electrons.